The van der Waals surface area contributed by atoms with Crippen LogP contribution in [0.4, 0.5) is 10.5 Å². The van der Waals surface area contributed by atoms with Crippen molar-refractivity contribution in [3.05, 3.63) is 47.5 Å². The van der Waals surface area contributed by atoms with Crippen molar-refractivity contribution in [1.29, 1.82) is 0 Å². The standard InChI is InChI=1S/C23H30ClN3O5/c1-26(18-10-20(30-2)12-21(11-18)31-3)23(29)25-17(15-28)8-9-27-13-22(14-27)32-19-6-4-16(24)5-7-19/h4-7,10-12,17,22,28H,8-9,13-15H2,1-3H3,(H,25,29)/t17-/m0/s1. The zero-order chi connectivity index (χ0) is 23.1. The van der Waals surface area contributed by atoms with E-state index in [4.69, 9.17) is 25.8 Å². The second-order valence-electron chi connectivity index (χ2n) is 7.70. The number of nitrogens with one attached hydrogen (secondary N) is 1. The fraction of sp³-hybridized carbons (Fsp3) is 0.435. The molecule has 8 nitrogen and oxygen atoms in total. The molecule has 1 aliphatic heterocycles. The smallest absolute Gasteiger partial charge is 0.321 e. The number of urea groups is 1. The number of halogens is 1. The Balaban J connectivity index is 1.44. The van der Waals surface area contributed by atoms with Gasteiger partial charge in [0.15, 0.2) is 0 Å². The molecule has 2 amide bonds. The highest BCUT2D eigenvalue weighted by Crippen LogP contribution is 2.28. The van der Waals surface area contributed by atoms with E-state index in [0.717, 1.165) is 25.4 Å². The van der Waals surface area contributed by atoms with E-state index < -0.39 is 0 Å². The molecular formula is C23H30ClN3O5. The maximum atomic E-state index is 12.7. The van der Waals surface area contributed by atoms with Gasteiger partial charge in [-0.2, -0.15) is 0 Å². The van der Waals surface area contributed by atoms with E-state index in [9.17, 15) is 9.90 Å². The molecule has 2 aromatic rings. The predicted octanol–water partition coefficient (Wildman–Crippen LogP) is 3.02. The molecule has 1 atom stereocenters. The molecule has 1 fully saturated rings. The first-order valence-corrected chi connectivity index (χ1v) is 10.8. The van der Waals surface area contributed by atoms with Crippen molar-refractivity contribution >= 4 is 23.3 Å². The average molecular weight is 464 g/mol. The largest absolute Gasteiger partial charge is 0.497 e. The summed E-state index contributed by atoms with van der Waals surface area (Å²) >= 11 is 5.89. The first kappa shape index (κ1) is 24.0. The Hall–Kier alpha value is -2.68. The Labute approximate surface area is 193 Å². The highest BCUT2D eigenvalue weighted by atomic mass is 35.5. The van der Waals surface area contributed by atoms with Crippen LogP contribution < -0.4 is 24.4 Å². The lowest BCUT2D eigenvalue weighted by Crippen LogP contribution is -2.55. The second-order valence-corrected chi connectivity index (χ2v) is 8.14. The number of likely N-dealkylation sites (tertiary alicyclic amines) is 1. The van der Waals surface area contributed by atoms with Crippen LogP contribution in [0, 0.1) is 0 Å². The van der Waals surface area contributed by atoms with Crippen LogP contribution in [0.5, 0.6) is 17.2 Å². The van der Waals surface area contributed by atoms with E-state index >= 15 is 0 Å². The zero-order valence-electron chi connectivity index (χ0n) is 18.6. The maximum absolute atomic E-state index is 12.7. The number of methoxy groups -OCH3 is 2. The van der Waals surface area contributed by atoms with E-state index in [-0.39, 0.29) is 24.8 Å². The number of amides is 2. The minimum atomic E-state index is -0.353. The third-order valence-corrected chi connectivity index (χ3v) is 5.66. The summed E-state index contributed by atoms with van der Waals surface area (Å²) in [6.07, 6.45) is 0.762. The van der Waals surface area contributed by atoms with Gasteiger partial charge in [-0.15, -0.1) is 0 Å². The van der Waals surface area contributed by atoms with Gasteiger partial charge in [0.25, 0.3) is 0 Å². The normalized spacial score (nSPS) is 14.9. The predicted molar refractivity (Wildman–Crippen MR) is 124 cm³/mol. The fourth-order valence-electron chi connectivity index (χ4n) is 3.41. The molecule has 0 spiro atoms. The number of nitrogens with zero attached hydrogens (tertiary/aromatic N) is 2. The van der Waals surface area contributed by atoms with Gasteiger partial charge in [0.2, 0.25) is 0 Å². The quantitative estimate of drug-likeness (QED) is 0.563. The molecule has 1 aliphatic rings. The first-order chi connectivity index (χ1) is 15.4. The van der Waals surface area contributed by atoms with Crippen molar-refractivity contribution in [1.82, 2.24) is 10.2 Å². The van der Waals surface area contributed by atoms with Gasteiger partial charge in [0.05, 0.1) is 32.6 Å². The van der Waals surface area contributed by atoms with E-state index in [1.807, 2.05) is 12.1 Å². The van der Waals surface area contributed by atoms with Gasteiger partial charge in [0.1, 0.15) is 23.4 Å². The van der Waals surface area contributed by atoms with Crippen LogP contribution >= 0.6 is 11.6 Å². The molecule has 9 heteroatoms. The summed E-state index contributed by atoms with van der Waals surface area (Å²) < 4.78 is 16.4. The first-order valence-electron chi connectivity index (χ1n) is 10.4. The van der Waals surface area contributed by atoms with Crippen LogP contribution in [0.2, 0.25) is 5.02 Å². The summed E-state index contributed by atoms with van der Waals surface area (Å²) in [4.78, 5) is 16.4. The highest BCUT2D eigenvalue weighted by Gasteiger charge is 2.29. The van der Waals surface area contributed by atoms with Crippen LogP contribution in [-0.4, -0.2) is 75.7 Å². The van der Waals surface area contributed by atoms with Crippen molar-refractivity contribution in [2.75, 3.05) is 52.4 Å². The molecule has 0 unspecified atom stereocenters. The molecule has 1 heterocycles. The number of carbonyl (C=O) groups excluding carboxylic acids is 1. The number of hydrogen-bond donors (Lipinski definition) is 2. The molecule has 174 valence electrons. The second kappa shape index (κ2) is 11.3. The Morgan fingerprint density at radius 1 is 1.16 bits per heavy atom. The molecule has 0 aliphatic carbocycles. The number of ether oxygens (including phenoxy) is 3. The van der Waals surface area contributed by atoms with E-state index in [0.29, 0.717) is 28.6 Å². The van der Waals surface area contributed by atoms with Crippen molar-refractivity contribution in [3.8, 4) is 17.2 Å². The number of benzene rings is 2. The molecular weight excluding hydrogens is 434 g/mol. The number of aliphatic hydroxyl groups excluding tert-OH is 1. The Morgan fingerprint density at radius 3 is 2.34 bits per heavy atom. The van der Waals surface area contributed by atoms with Gasteiger partial charge in [-0.1, -0.05) is 11.6 Å². The monoisotopic (exact) mass is 463 g/mol. The highest BCUT2D eigenvalue weighted by molar-refractivity contribution is 6.30. The molecule has 0 bridgehead atoms. The number of aliphatic hydroxyl groups is 1. The lowest BCUT2D eigenvalue weighted by Gasteiger charge is -2.39. The minimum Gasteiger partial charge on any atom is -0.497 e. The number of hydrogen-bond acceptors (Lipinski definition) is 6. The van der Waals surface area contributed by atoms with E-state index in [2.05, 4.69) is 10.2 Å². The molecule has 2 N–H and O–H groups in total. The van der Waals surface area contributed by atoms with Crippen molar-refractivity contribution < 1.29 is 24.1 Å². The molecule has 0 saturated carbocycles. The lowest BCUT2D eigenvalue weighted by molar-refractivity contribution is 0.0168. The summed E-state index contributed by atoms with van der Waals surface area (Å²) in [7, 11) is 4.77. The topological polar surface area (TPSA) is 83.5 Å². The summed E-state index contributed by atoms with van der Waals surface area (Å²) in [6, 6.07) is 11.9. The Morgan fingerprint density at radius 2 is 1.78 bits per heavy atom. The van der Waals surface area contributed by atoms with Gasteiger partial charge in [-0.05, 0) is 30.7 Å². The summed E-state index contributed by atoms with van der Waals surface area (Å²) in [5.74, 6) is 1.98. The molecule has 1 saturated heterocycles. The van der Waals surface area contributed by atoms with Crippen LogP contribution in [0.1, 0.15) is 6.42 Å². The summed E-state index contributed by atoms with van der Waals surface area (Å²) in [5, 5.41) is 13.3. The van der Waals surface area contributed by atoms with Crippen LogP contribution in [0.15, 0.2) is 42.5 Å². The van der Waals surface area contributed by atoms with E-state index in [1.54, 1.807) is 51.6 Å². The van der Waals surface area contributed by atoms with Crippen molar-refractivity contribution in [2.24, 2.45) is 0 Å². The molecule has 2 aromatic carbocycles. The number of anilines is 1. The van der Waals surface area contributed by atoms with Crippen molar-refractivity contribution in [3.63, 3.8) is 0 Å². The molecule has 0 aromatic heterocycles. The van der Waals surface area contributed by atoms with E-state index in [1.165, 1.54) is 4.90 Å². The SMILES string of the molecule is COc1cc(OC)cc(N(C)C(=O)N[C@H](CO)CCN2CC(Oc3ccc(Cl)cc3)C2)c1. The Kier molecular flexibility index (Phi) is 8.44. The molecule has 32 heavy (non-hydrogen) atoms. The zero-order valence-corrected chi connectivity index (χ0v) is 19.3. The number of rotatable bonds is 10. The summed E-state index contributed by atoms with van der Waals surface area (Å²) in [6.45, 7) is 2.22. The van der Waals surface area contributed by atoms with Crippen molar-refractivity contribution in [2.45, 2.75) is 18.6 Å². The van der Waals surface area contributed by atoms with Crippen LogP contribution in [0.25, 0.3) is 0 Å². The third kappa shape index (κ3) is 6.41. The van der Waals surface area contributed by atoms with Crippen LogP contribution in [-0.2, 0) is 0 Å². The number of carbonyl (C=O) groups is 1. The van der Waals surface area contributed by atoms with Crippen LogP contribution in [0.3, 0.4) is 0 Å². The summed E-state index contributed by atoms with van der Waals surface area (Å²) in [5.41, 5.74) is 0.625. The lowest BCUT2D eigenvalue weighted by atomic mass is 10.1. The maximum Gasteiger partial charge on any atom is 0.321 e. The van der Waals surface area contributed by atoms with Gasteiger partial charge in [-0.3, -0.25) is 9.80 Å². The van der Waals surface area contributed by atoms with Gasteiger partial charge >= 0.3 is 6.03 Å². The van der Waals surface area contributed by atoms with Gasteiger partial charge in [0, 0.05) is 49.9 Å². The Bertz CT molecular complexity index is 867. The molecule has 0 radical (unpaired) electrons. The fourth-order valence-corrected chi connectivity index (χ4v) is 3.53. The molecule has 3 rings (SSSR count). The van der Waals surface area contributed by atoms with Gasteiger partial charge in [-0.25, -0.2) is 4.79 Å². The average Bonchev–Trinajstić information content (AvgIpc) is 2.79. The van der Waals surface area contributed by atoms with Gasteiger partial charge < -0.3 is 24.6 Å². The minimum absolute atomic E-state index is 0.132. The third-order valence-electron chi connectivity index (χ3n) is 5.41.